The first kappa shape index (κ1) is 17.0. The van der Waals surface area contributed by atoms with Gasteiger partial charge >= 0.3 is 5.97 Å². The number of ether oxygens (including phenoxy) is 1. The molecule has 5 heteroatoms. The topological polar surface area (TPSA) is 75.6 Å². The van der Waals surface area contributed by atoms with Crippen LogP contribution in [0.5, 0.6) is 5.75 Å². The first-order chi connectivity index (χ1) is 9.93. The summed E-state index contributed by atoms with van der Waals surface area (Å²) < 4.78 is 5.43. The maximum absolute atomic E-state index is 11.8. The van der Waals surface area contributed by atoms with Crippen molar-refractivity contribution in [2.75, 3.05) is 6.61 Å². The molecule has 0 aliphatic heterocycles. The van der Waals surface area contributed by atoms with Crippen molar-refractivity contribution >= 4 is 11.9 Å². The van der Waals surface area contributed by atoms with Gasteiger partial charge in [-0.05, 0) is 31.9 Å². The zero-order valence-corrected chi connectivity index (χ0v) is 12.8. The Bertz CT molecular complexity index is 499. The van der Waals surface area contributed by atoms with Crippen molar-refractivity contribution in [2.45, 2.75) is 46.1 Å². The molecule has 0 spiro atoms. The summed E-state index contributed by atoms with van der Waals surface area (Å²) in [7, 11) is 0. The summed E-state index contributed by atoms with van der Waals surface area (Å²) in [6.07, 6.45) is 2.08. The van der Waals surface area contributed by atoms with E-state index in [1.165, 1.54) is 0 Å². The molecule has 0 saturated carbocycles. The number of carboxylic acids is 1. The molecule has 21 heavy (non-hydrogen) atoms. The van der Waals surface area contributed by atoms with Crippen molar-refractivity contribution in [3.63, 3.8) is 0 Å². The summed E-state index contributed by atoms with van der Waals surface area (Å²) in [6.45, 7) is 5.68. The second-order valence-electron chi connectivity index (χ2n) is 5.16. The van der Waals surface area contributed by atoms with E-state index in [1.54, 1.807) is 0 Å². The van der Waals surface area contributed by atoms with Crippen LogP contribution in [0.15, 0.2) is 18.2 Å². The molecule has 5 nitrogen and oxygen atoms in total. The van der Waals surface area contributed by atoms with Gasteiger partial charge in [0.1, 0.15) is 11.8 Å². The monoisotopic (exact) mass is 293 g/mol. The van der Waals surface area contributed by atoms with E-state index in [1.807, 2.05) is 39.0 Å². The molecule has 0 saturated heterocycles. The molecule has 1 atom stereocenters. The van der Waals surface area contributed by atoms with Crippen molar-refractivity contribution in [2.24, 2.45) is 0 Å². The van der Waals surface area contributed by atoms with Gasteiger partial charge in [-0.25, -0.2) is 4.79 Å². The number of hydrogen-bond donors (Lipinski definition) is 2. The van der Waals surface area contributed by atoms with Gasteiger partial charge in [0.15, 0.2) is 6.61 Å². The van der Waals surface area contributed by atoms with Crippen LogP contribution < -0.4 is 10.1 Å². The molecule has 1 amide bonds. The Hall–Kier alpha value is -2.04. The number of amides is 1. The lowest BCUT2D eigenvalue weighted by Crippen LogP contribution is -2.42. The second kappa shape index (κ2) is 8.29. The Morgan fingerprint density at radius 3 is 2.62 bits per heavy atom. The van der Waals surface area contributed by atoms with Crippen molar-refractivity contribution in [3.05, 3.63) is 29.3 Å². The third kappa shape index (κ3) is 5.85. The molecule has 0 radical (unpaired) electrons. The van der Waals surface area contributed by atoms with E-state index >= 15 is 0 Å². The Labute approximate surface area is 125 Å². The van der Waals surface area contributed by atoms with Crippen LogP contribution in [0.25, 0.3) is 0 Å². The molecular formula is C16H23NO4. The predicted octanol–water partition coefficient (Wildman–Crippen LogP) is 2.44. The van der Waals surface area contributed by atoms with E-state index in [0.29, 0.717) is 12.2 Å². The summed E-state index contributed by atoms with van der Waals surface area (Å²) in [5, 5.41) is 11.5. The van der Waals surface area contributed by atoms with Crippen LogP contribution in [0.4, 0.5) is 0 Å². The van der Waals surface area contributed by atoms with E-state index in [-0.39, 0.29) is 6.61 Å². The van der Waals surface area contributed by atoms with Gasteiger partial charge in [0.25, 0.3) is 5.91 Å². The standard InChI is InChI=1S/C16H23NO4/c1-4-5-6-13(16(19)20)17-15(18)10-21-14-8-7-11(2)9-12(14)3/h7-9,13H,4-6,10H2,1-3H3,(H,17,18)(H,19,20). The van der Waals surface area contributed by atoms with Gasteiger partial charge in [-0.2, -0.15) is 0 Å². The number of unbranched alkanes of at least 4 members (excludes halogenated alkanes) is 1. The van der Waals surface area contributed by atoms with Crippen LogP contribution in [0.3, 0.4) is 0 Å². The average Bonchev–Trinajstić information content (AvgIpc) is 2.42. The molecule has 2 N–H and O–H groups in total. The van der Waals surface area contributed by atoms with Crippen LogP contribution in [0.2, 0.25) is 0 Å². The third-order valence-electron chi connectivity index (χ3n) is 3.17. The molecular weight excluding hydrogens is 270 g/mol. The maximum Gasteiger partial charge on any atom is 0.326 e. The highest BCUT2D eigenvalue weighted by atomic mass is 16.5. The first-order valence-electron chi connectivity index (χ1n) is 7.16. The molecule has 0 aliphatic carbocycles. The predicted molar refractivity (Wildman–Crippen MR) is 80.5 cm³/mol. The summed E-state index contributed by atoms with van der Waals surface area (Å²) in [5.74, 6) is -0.794. The molecule has 1 rings (SSSR count). The van der Waals surface area contributed by atoms with Crippen molar-refractivity contribution < 1.29 is 19.4 Å². The quantitative estimate of drug-likeness (QED) is 0.772. The Morgan fingerprint density at radius 2 is 2.05 bits per heavy atom. The summed E-state index contributed by atoms with van der Waals surface area (Å²) in [5.41, 5.74) is 2.07. The number of carbonyl (C=O) groups is 2. The van der Waals surface area contributed by atoms with E-state index in [9.17, 15) is 9.59 Å². The lowest BCUT2D eigenvalue weighted by atomic mass is 10.1. The average molecular weight is 293 g/mol. The largest absolute Gasteiger partial charge is 0.484 e. The second-order valence-corrected chi connectivity index (χ2v) is 5.16. The van der Waals surface area contributed by atoms with E-state index < -0.39 is 17.9 Å². The molecule has 0 bridgehead atoms. The SMILES string of the molecule is CCCCC(NC(=O)COc1ccc(C)cc1C)C(=O)O. The van der Waals surface area contributed by atoms with Gasteiger partial charge in [-0.15, -0.1) is 0 Å². The highest BCUT2D eigenvalue weighted by Crippen LogP contribution is 2.18. The highest BCUT2D eigenvalue weighted by Gasteiger charge is 2.19. The van der Waals surface area contributed by atoms with Gasteiger partial charge in [0.05, 0.1) is 0 Å². The first-order valence-corrected chi connectivity index (χ1v) is 7.16. The number of carbonyl (C=O) groups excluding carboxylic acids is 1. The number of aryl methyl sites for hydroxylation is 2. The summed E-state index contributed by atoms with van der Waals surface area (Å²) in [4.78, 5) is 22.8. The minimum absolute atomic E-state index is 0.181. The lowest BCUT2D eigenvalue weighted by molar-refractivity contribution is -0.142. The van der Waals surface area contributed by atoms with E-state index in [0.717, 1.165) is 24.0 Å². The van der Waals surface area contributed by atoms with Gasteiger partial charge in [0, 0.05) is 0 Å². The molecule has 0 aliphatic rings. The van der Waals surface area contributed by atoms with Crippen LogP contribution >= 0.6 is 0 Å². The van der Waals surface area contributed by atoms with Crippen LogP contribution in [0.1, 0.15) is 37.3 Å². The Balaban J connectivity index is 2.50. The fourth-order valence-electron chi connectivity index (χ4n) is 2.01. The number of carboxylic acid groups (broad SMARTS) is 1. The number of hydrogen-bond acceptors (Lipinski definition) is 3. The minimum atomic E-state index is -1.01. The molecule has 116 valence electrons. The van der Waals surface area contributed by atoms with Gasteiger partial charge in [-0.3, -0.25) is 4.79 Å². The van der Waals surface area contributed by atoms with Gasteiger partial charge in [0.2, 0.25) is 0 Å². The fraction of sp³-hybridized carbons (Fsp3) is 0.500. The molecule has 1 aromatic carbocycles. The van der Waals surface area contributed by atoms with Gasteiger partial charge in [-0.1, -0.05) is 37.5 Å². The van der Waals surface area contributed by atoms with Crippen LogP contribution in [0, 0.1) is 13.8 Å². The lowest BCUT2D eigenvalue weighted by Gasteiger charge is -2.15. The number of nitrogens with one attached hydrogen (secondary N) is 1. The zero-order chi connectivity index (χ0) is 15.8. The van der Waals surface area contributed by atoms with Crippen molar-refractivity contribution in [1.29, 1.82) is 0 Å². The van der Waals surface area contributed by atoms with Crippen LogP contribution in [-0.4, -0.2) is 29.6 Å². The molecule has 1 aromatic rings. The third-order valence-corrected chi connectivity index (χ3v) is 3.17. The number of benzene rings is 1. The van der Waals surface area contributed by atoms with Crippen molar-refractivity contribution in [1.82, 2.24) is 5.32 Å². The highest BCUT2D eigenvalue weighted by molar-refractivity contribution is 5.84. The van der Waals surface area contributed by atoms with Crippen molar-refractivity contribution in [3.8, 4) is 5.75 Å². The Kier molecular flexibility index (Phi) is 6.72. The van der Waals surface area contributed by atoms with Crippen LogP contribution in [-0.2, 0) is 9.59 Å². The molecule has 0 aromatic heterocycles. The molecule has 0 fully saturated rings. The number of rotatable bonds is 8. The smallest absolute Gasteiger partial charge is 0.326 e. The maximum atomic E-state index is 11.8. The summed E-state index contributed by atoms with van der Waals surface area (Å²) >= 11 is 0. The normalized spacial score (nSPS) is 11.8. The van der Waals surface area contributed by atoms with E-state index in [2.05, 4.69) is 5.32 Å². The number of aliphatic carboxylic acids is 1. The summed E-state index contributed by atoms with van der Waals surface area (Å²) in [6, 6.07) is 4.83. The molecule has 1 unspecified atom stereocenters. The Morgan fingerprint density at radius 1 is 1.33 bits per heavy atom. The van der Waals surface area contributed by atoms with E-state index in [4.69, 9.17) is 9.84 Å². The van der Waals surface area contributed by atoms with Gasteiger partial charge < -0.3 is 15.2 Å². The zero-order valence-electron chi connectivity index (χ0n) is 12.8. The fourth-order valence-corrected chi connectivity index (χ4v) is 2.01. The minimum Gasteiger partial charge on any atom is -0.484 e. The molecule has 0 heterocycles.